The number of fused-ring (bicyclic) bond motifs is 1. The molecule has 2 rings (SSSR count). The van der Waals surface area contributed by atoms with Crippen LogP contribution in [0.5, 0.6) is 5.75 Å². The number of aromatic nitrogens is 1. The van der Waals surface area contributed by atoms with Crippen molar-refractivity contribution in [1.82, 2.24) is 10.3 Å². The van der Waals surface area contributed by atoms with E-state index in [2.05, 4.69) is 31.4 Å². The van der Waals surface area contributed by atoms with Crippen molar-refractivity contribution in [3.8, 4) is 5.75 Å². The van der Waals surface area contributed by atoms with Gasteiger partial charge in [0.15, 0.2) is 0 Å². The van der Waals surface area contributed by atoms with Gasteiger partial charge < -0.3 is 19.6 Å². The van der Waals surface area contributed by atoms with Crippen LogP contribution in [0.3, 0.4) is 0 Å². The number of hydrogen-bond acceptors (Lipinski definition) is 8. The summed E-state index contributed by atoms with van der Waals surface area (Å²) in [4.78, 5) is 34.5. The van der Waals surface area contributed by atoms with Gasteiger partial charge in [-0.25, -0.2) is 4.79 Å². The number of aryl methyl sites for hydroxylation is 1. The highest BCUT2D eigenvalue weighted by molar-refractivity contribution is 9.10. The van der Waals surface area contributed by atoms with Crippen molar-refractivity contribution in [3.05, 3.63) is 34.4 Å². The van der Waals surface area contributed by atoms with Crippen molar-refractivity contribution < 1.29 is 23.9 Å². The Morgan fingerprint density at radius 3 is 2.61 bits per heavy atom. The number of carbonyl (C=O) groups is 2. The first-order chi connectivity index (χ1) is 15.4. The average molecular weight is 540 g/mol. The van der Waals surface area contributed by atoms with E-state index in [9.17, 15) is 9.59 Å². The second-order valence-corrected chi connectivity index (χ2v) is 10.2. The molecule has 0 aliphatic heterocycles. The number of rotatable bonds is 10. The lowest BCUT2D eigenvalue weighted by Gasteiger charge is -2.26. The van der Waals surface area contributed by atoms with E-state index in [1.807, 2.05) is 25.1 Å². The number of carbonyl (C=O) groups excluding carboxylic acids is 2. The van der Waals surface area contributed by atoms with Gasteiger partial charge in [-0.1, -0.05) is 5.16 Å². The third-order valence-electron chi connectivity index (χ3n) is 4.45. The molecule has 1 heterocycles. The number of ether oxygens (including phenoxy) is 2. The summed E-state index contributed by atoms with van der Waals surface area (Å²) < 4.78 is 11.8. The van der Waals surface area contributed by atoms with Gasteiger partial charge in [-0.05, 0) is 87.5 Å². The van der Waals surface area contributed by atoms with Crippen LogP contribution in [0, 0.1) is 6.92 Å². The summed E-state index contributed by atoms with van der Waals surface area (Å²) in [5.74, 6) is -0.276. The number of esters is 1. The van der Waals surface area contributed by atoms with Crippen molar-refractivity contribution in [1.29, 1.82) is 0 Å². The van der Waals surface area contributed by atoms with E-state index in [1.54, 1.807) is 47.1 Å². The zero-order valence-electron chi connectivity index (χ0n) is 19.9. The van der Waals surface area contributed by atoms with Gasteiger partial charge in [-0.2, -0.15) is 0 Å². The summed E-state index contributed by atoms with van der Waals surface area (Å²) in [5.41, 5.74) is -1.06. The number of nitrogens with zero attached hydrogens (tertiary/aromatic N) is 2. The SMILES string of the molecule is CCOC(=O)C(C)(C)ON=CC(C)(C)NC(=O)C(Oc1cc(C)c2ncc(Br)cc2c1)SC. The summed E-state index contributed by atoms with van der Waals surface area (Å²) >= 11 is 4.70. The Morgan fingerprint density at radius 2 is 1.97 bits per heavy atom. The second kappa shape index (κ2) is 11.2. The Balaban J connectivity index is 2.07. The molecular formula is C23H30BrN3O5S. The molecule has 1 unspecified atom stereocenters. The third-order valence-corrected chi connectivity index (χ3v) is 5.63. The Bertz CT molecular complexity index is 1040. The molecule has 0 bridgehead atoms. The van der Waals surface area contributed by atoms with Crippen LogP contribution in [-0.4, -0.2) is 52.5 Å². The minimum atomic E-state index is -1.24. The van der Waals surface area contributed by atoms with Crippen LogP contribution in [0.2, 0.25) is 0 Å². The van der Waals surface area contributed by atoms with Gasteiger partial charge in [0.05, 0.1) is 23.9 Å². The van der Waals surface area contributed by atoms with E-state index >= 15 is 0 Å². The highest BCUT2D eigenvalue weighted by Crippen LogP contribution is 2.27. The molecule has 10 heteroatoms. The Morgan fingerprint density at radius 1 is 1.27 bits per heavy atom. The second-order valence-electron chi connectivity index (χ2n) is 8.42. The highest BCUT2D eigenvalue weighted by Gasteiger charge is 2.32. The number of pyridine rings is 1. The predicted octanol–water partition coefficient (Wildman–Crippen LogP) is 4.61. The van der Waals surface area contributed by atoms with Crippen LogP contribution in [0.15, 0.2) is 34.0 Å². The van der Waals surface area contributed by atoms with Crippen molar-refractivity contribution >= 4 is 56.7 Å². The number of benzene rings is 1. The first-order valence-corrected chi connectivity index (χ1v) is 12.4. The van der Waals surface area contributed by atoms with Crippen LogP contribution in [0.1, 0.15) is 40.2 Å². The van der Waals surface area contributed by atoms with Crippen molar-refractivity contribution in [2.45, 2.75) is 58.1 Å². The van der Waals surface area contributed by atoms with E-state index in [4.69, 9.17) is 14.3 Å². The topological polar surface area (TPSA) is 99.1 Å². The molecule has 0 spiro atoms. The molecule has 0 fully saturated rings. The van der Waals surface area contributed by atoms with Gasteiger partial charge in [0, 0.05) is 16.1 Å². The molecule has 1 aromatic heterocycles. The van der Waals surface area contributed by atoms with Gasteiger partial charge >= 0.3 is 5.97 Å². The summed E-state index contributed by atoms with van der Waals surface area (Å²) in [7, 11) is 0. The fraction of sp³-hybridized carbons (Fsp3) is 0.478. The van der Waals surface area contributed by atoms with E-state index < -0.39 is 22.5 Å². The van der Waals surface area contributed by atoms with E-state index in [-0.39, 0.29) is 12.5 Å². The quantitative estimate of drug-likeness (QED) is 0.203. The third kappa shape index (κ3) is 7.60. The zero-order valence-corrected chi connectivity index (χ0v) is 22.3. The number of thioether (sulfide) groups is 1. The summed E-state index contributed by atoms with van der Waals surface area (Å²) in [6, 6.07) is 5.67. The van der Waals surface area contributed by atoms with Crippen molar-refractivity contribution in [3.63, 3.8) is 0 Å². The largest absolute Gasteiger partial charge is 0.470 e. The fourth-order valence-electron chi connectivity index (χ4n) is 2.81. The summed E-state index contributed by atoms with van der Waals surface area (Å²) in [6.45, 7) is 10.6. The van der Waals surface area contributed by atoms with Crippen LogP contribution >= 0.6 is 27.7 Å². The van der Waals surface area contributed by atoms with Crippen LogP contribution in [0.25, 0.3) is 10.9 Å². The molecule has 0 saturated carbocycles. The fourth-order valence-corrected chi connectivity index (χ4v) is 3.64. The van der Waals surface area contributed by atoms with Crippen LogP contribution in [-0.2, 0) is 19.2 Å². The molecule has 2 aromatic rings. The smallest absolute Gasteiger partial charge is 0.352 e. The number of nitrogens with one attached hydrogen (secondary N) is 1. The van der Waals surface area contributed by atoms with Gasteiger partial charge in [0.2, 0.25) is 11.0 Å². The number of oxime groups is 1. The van der Waals surface area contributed by atoms with Gasteiger partial charge in [-0.3, -0.25) is 9.78 Å². The molecule has 180 valence electrons. The van der Waals surface area contributed by atoms with Crippen LogP contribution in [0.4, 0.5) is 0 Å². The molecule has 1 N–H and O–H groups in total. The summed E-state index contributed by atoms with van der Waals surface area (Å²) in [5, 5.41) is 7.68. The first-order valence-electron chi connectivity index (χ1n) is 10.4. The molecule has 8 nitrogen and oxygen atoms in total. The Labute approximate surface area is 206 Å². The molecule has 33 heavy (non-hydrogen) atoms. The maximum Gasteiger partial charge on any atom is 0.352 e. The van der Waals surface area contributed by atoms with E-state index in [1.165, 1.54) is 18.0 Å². The Kier molecular flexibility index (Phi) is 9.13. The van der Waals surface area contributed by atoms with E-state index in [0.717, 1.165) is 20.9 Å². The number of halogens is 1. The molecular weight excluding hydrogens is 510 g/mol. The maximum absolute atomic E-state index is 12.9. The van der Waals surface area contributed by atoms with Gasteiger partial charge in [-0.15, -0.1) is 11.8 Å². The van der Waals surface area contributed by atoms with Gasteiger partial charge in [0.25, 0.3) is 5.91 Å². The number of hydrogen-bond donors (Lipinski definition) is 1. The molecule has 1 aromatic carbocycles. The summed E-state index contributed by atoms with van der Waals surface area (Å²) in [6.07, 6.45) is 4.96. The van der Waals surface area contributed by atoms with Crippen LogP contribution < -0.4 is 10.1 Å². The Hall–Kier alpha value is -2.33. The van der Waals surface area contributed by atoms with Crippen molar-refractivity contribution in [2.75, 3.05) is 12.9 Å². The molecule has 0 aliphatic rings. The van der Waals surface area contributed by atoms with E-state index in [0.29, 0.717) is 5.75 Å². The lowest BCUT2D eigenvalue weighted by atomic mass is 10.1. The molecule has 0 saturated heterocycles. The first kappa shape index (κ1) is 26.9. The minimum Gasteiger partial charge on any atom is -0.470 e. The molecule has 1 atom stereocenters. The molecule has 1 amide bonds. The molecule has 0 aliphatic carbocycles. The minimum absolute atomic E-state index is 0.247. The molecule has 0 radical (unpaired) electrons. The van der Waals surface area contributed by atoms with Gasteiger partial charge in [0.1, 0.15) is 5.75 Å². The van der Waals surface area contributed by atoms with Crippen molar-refractivity contribution in [2.24, 2.45) is 5.16 Å². The predicted molar refractivity (Wildman–Crippen MR) is 135 cm³/mol. The lowest BCUT2D eigenvalue weighted by molar-refractivity contribution is -0.167. The monoisotopic (exact) mass is 539 g/mol. The standard InChI is InChI=1S/C23H30BrN3O5S/c1-8-30-21(29)23(5,6)32-26-13-22(3,4)27-19(28)20(33-7)31-17-9-14(2)18-15(11-17)10-16(24)12-25-18/h9-13,20H,8H2,1-7H3,(H,27,28). The lowest BCUT2D eigenvalue weighted by Crippen LogP contribution is -2.49. The highest BCUT2D eigenvalue weighted by atomic mass is 79.9. The average Bonchev–Trinajstić information content (AvgIpc) is 2.71. The zero-order chi connectivity index (χ0) is 24.8. The normalized spacial score (nSPS) is 13.1. The number of amides is 1. The maximum atomic E-state index is 12.9.